The third-order valence-corrected chi connectivity index (χ3v) is 4.95. The second kappa shape index (κ2) is 7.93. The molecule has 0 saturated heterocycles. The van der Waals surface area contributed by atoms with Crippen LogP contribution in [-0.2, 0) is 17.6 Å². The van der Waals surface area contributed by atoms with Crippen LogP contribution in [0.15, 0.2) is 29.9 Å². The summed E-state index contributed by atoms with van der Waals surface area (Å²) in [6, 6.07) is 3.83. The molecule has 1 amide bonds. The zero-order chi connectivity index (χ0) is 16.8. The first-order valence-electron chi connectivity index (χ1n) is 7.36. The molecule has 2 N–H and O–H groups in total. The first-order valence-corrected chi connectivity index (χ1v) is 9.06. The highest BCUT2D eigenvalue weighted by molar-refractivity contribution is 7.15. The van der Waals surface area contributed by atoms with Crippen molar-refractivity contribution in [2.45, 2.75) is 19.3 Å². The number of hydrogen-bond acceptors (Lipinski definition) is 8. The Morgan fingerprint density at radius 3 is 2.79 bits per heavy atom. The Bertz CT molecular complexity index is 801. The van der Waals surface area contributed by atoms with Crippen LogP contribution >= 0.6 is 22.7 Å². The Morgan fingerprint density at radius 2 is 2.04 bits per heavy atom. The van der Waals surface area contributed by atoms with Crippen LogP contribution in [0.5, 0.6) is 0 Å². The molecule has 0 aromatic carbocycles. The largest absolute Gasteiger partial charge is 0.363 e. The van der Waals surface area contributed by atoms with Crippen LogP contribution < -0.4 is 10.6 Å². The number of aryl methyl sites for hydroxylation is 1. The molecule has 7 nitrogen and oxygen atoms in total. The standard InChI is InChI=1S/C15H16N6OS2/c1-16-14-21-20-13(24-14)8-11-9-23-15(18-11)19-12(22)3-2-10-4-6-17-7-5-10/h4-7,9H,2-3,8H2,1H3,(H,16,21)(H,18,19,22). The fourth-order valence-electron chi connectivity index (χ4n) is 2.02. The molecule has 3 aromatic heterocycles. The molecule has 0 bridgehead atoms. The van der Waals surface area contributed by atoms with Gasteiger partial charge in [-0.05, 0) is 24.1 Å². The fourth-order valence-corrected chi connectivity index (χ4v) is 3.45. The van der Waals surface area contributed by atoms with Crippen molar-refractivity contribution in [2.24, 2.45) is 0 Å². The number of carbonyl (C=O) groups is 1. The Hall–Kier alpha value is -2.39. The van der Waals surface area contributed by atoms with Gasteiger partial charge in [-0.15, -0.1) is 21.5 Å². The molecule has 0 aliphatic carbocycles. The number of aromatic nitrogens is 4. The number of nitrogens with one attached hydrogen (secondary N) is 2. The van der Waals surface area contributed by atoms with Gasteiger partial charge >= 0.3 is 0 Å². The highest BCUT2D eigenvalue weighted by atomic mass is 32.1. The first-order chi connectivity index (χ1) is 11.7. The first kappa shape index (κ1) is 16.5. The van der Waals surface area contributed by atoms with Crippen molar-refractivity contribution >= 4 is 38.8 Å². The highest BCUT2D eigenvalue weighted by Gasteiger charge is 2.10. The lowest BCUT2D eigenvalue weighted by Crippen LogP contribution is -2.12. The van der Waals surface area contributed by atoms with Crippen molar-refractivity contribution in [3.63, 3.8) is 0 Å². The smallest absolute Gasteiger partial charge is 0.226 e. The summed E-state index contributed by atoms with van der Waals surface area (Å²) < 4.78 is 0. The molecular formula is C15H16N6OS2. The number of carbonyl (C=O) groups excluding carboxylic acids is 1. The quantitative estimate of drug-likeness (QED) is 0.673. The summed E-state index contributed by atoms with van der Waals surface area (Å²) in [5.41, 5.74) is 1.97. The lowest BCUT2D eigenvalue weighted by Gasteiger charge is -2.01. The van der Waals surface area contributed by atoms with Crippen LogP contribution in [-0.4, -0.2) is 33.1 Å². The molecular weight excluding hydrogens is 344 g/mol. The maximum Gasteiger partial charge on any atom is 0.226 e. The average molecular weight is 360 g/mol. The number of pyridine rings is 1. The molecule has 0 aliphatic heterocycles. The molecule has 3 heterocycles. The van der Waals surface area contributed by atoms with E-state index in [4.69, 9.17) is 0 Å². The molecule has 0 fully saturated rings. The number of hydrogen-bond donors (Lipinski definition) is 2. The average Bonchev–Trinajstić information content (AvgIpc) is 3.24. The lowest BCUT2D eigenvalue weighted by atomic mass is 10.1. The minimum Gasteiger partial charge on any atom is -0.363 e. The van der Waals surface area contributed by atoms with Crippen molar-refractivity contribution in [2.75, 3.05) is 17.7 Å². The van der Waals surface area contributed by atoms with Crippen molar-refractivity contribution in [1.29, 1.82) is 0 Å². The van der Waals surface area contributed by atoms with Gasteiger partial charge < -0.3 is 10.6 Å². The maximum atomic E-state index is 12.0. The normalized spacial score (nSPS) is 10.5. The number of anilines is 2. The van der Waals surface area contributed by atoms with E-state index in [0.29, 0.717) is 24.4 Å². The van der Waals surface area contributed by atoms with E-state index in [0.717, 1.165) is 21.4 Å². The molecule has 0 radical (unpaired) electrons. The van der Waals surface area contributed by atoms with Crippen molar-refractivity contribution < 1.29 is 4.79 Å². The summed E-state index contributed by atoms with van der Waals surface area (Å²) in [4.78, 5) is 20.4. The monoisotopic (exact) mass is 360 g/mol. The lowest BCUT2D eigenvalue weighted by molar-refractivity contribution is -0.116. The molecule has 0 spiro atoms. The highest BCUT2D eigenvalue weighted by Crippen LogP contribution is 2.21. The SMILES string of the molecule is CNc1nnc(Cc2csc(NC(=O)CCc3ccncc3)n2)s1. The number of nitrogens with zero attached hydrogens (tertiary/aromatic N) is 4. The van der Waals surface area contributed by atoms with Gasteiger partial charge in [-0.3, -0.25) is 9.78 Å². The summed E-state index contributed by atoms with van der Waals surface area (Å²) >= 11 is 2.91. The Morgan fingerprint density at radius 1 is 1.21 bits per heavy atom. The minimum atomic E-state index is -0.0407. The fraction of sp³-hybridized carbons (Fsp3) is 0.267. The van der Waals surface area contributed by atoms with Gasteiger partial charge in [0.1, 0.15) is 5.01 Å². The van der Waals surface area contributed by atoms with Crippen LogP contribution in [0, 0.1) is 0 Å². The van der Waals surface area contributed by atoms with Crippen LogP contribution in [0.25, 0.3) is 0 Å². The molecule has 3 aromatic rings. The van der Waals surface area contributed by atoms with Crippen LogP contribution in [0.4, 0.5) is 10.3 Å². The van der Waals surface area contributed by atoms with Gasteiger partial charge in [-0.25, -0.2) is 4.98 Å². The van der Waals surface area contributed by atoms with Gasteiger partial charge in [-0.2, -0.15) is 0 Å². The zero-order valence-electron chi connectivity index (χ0n) is 13.0. The number of amides is 1. The summed E-state index contributed by atoms with van der Waals surface area (Å²) in [7, 11) is 1.81. The van der Waals surface area contributed by atoms with Crippen molar-refractivity contribution in [1.82, 2.24) is 20.2 Å². The molecule has 0 saturated carbocycles. The van der Waals surface area contributed by atoms with Gasteiger partial charge in [0.05, 0.1) is 5.69 Å². The van der Waals surface area contributed by atoms with E-state index in [2.05, 4.69) is 30.8 Å². The van der Waals surface area contributed by atoms with Gasteiger partial charge in [0, 0.05) is 37.7 Å². The molecule has 3 rings (SSSR count). The van der Waals surface area contributed by atoms with E-state index >= 15 is 0 Å². The second-order valence-corrected chi connectivity index (χ2v) is 6.90. The summed E-state index contributed by atoms with van der Waals surface area (Å²) in [5, 5.41) is 18.1. The zero-order valence-corrected chi connectivity index (χ0v) is 14.7. The van der Waals surface area contributed by atoms with Crippen LogP contribution in [0.1, 0.15) is 22.7 Å². The maximum absolute atomic E-state index is 12.0. The predicted molar refractivity (Wildman–Crippen MR) is 95.6 cm³/mol. The Balaban J connectivity index is 1.50. The van der Waals surface area contributed by atoms with E-state index in [-0.39, 0.29) is 5.91 Å². The van der Waals surface area contributed by atoms with Crippen molar-refractivity contribution in [3.05, 3.63) is 46.2 Å². The van der Waals surface area contributed by atoms with Gasteiger partial charge in [0.2, 0.25) is 11.0 Å². The van der Waals surface area contributed by atoms with E-state index < -0.39 is 0 Å². The summed E-state index contributed by atoms with van der Waals surface area (Å²) in [6.45, 7) is 0. The third kappa shape index (κ3) is 4.56. The van der Waals surface area contributed by atoms with Crippen LogP contribution in [0.3, 0.4) is 0 Å². The minimum absolute atomic E-state index is 0.0407. The van der Waals surface area contributed by atoms with Crippen molar-refractivity contribution in [3.8, 4) is 0 Å². The van der Waals surface area contributed by atoms with E-state index in [9.17, 15) is 4.79 Å². The molecule has 0 atom stereocenters. The molecule has 24 heavy (non-hydrogen) atoms. The second-order valence-electron chi connectivity index (χ2n) is 4.98. The number of rotatable bonds is 7. The molecule has 0 aliphatic rings. The Labute approximate surface area is 147 Å². The molecule has 0 unspecified atom stereocenters. The van der Waals surface area contributed by atoms with Gasteiger partial charge in [-0.1, -0.05) is 11.3 Å². The topological polar surface area (TPSA) is 92.7 Å². The van der Waals surface area contributed by atoms with Gasteiger partial charge in [0.25, 0.3) is 0 Å². The van der Waals surface area contributed by atoms with Crippen LogP contribution in [0.2, 0.25) is 0 Å². The van der Waals surface area contributed by atoms with E-state index in [1.807, 2.05) is 24.6 Å². The summed E-state index contributed by atoms with van der Waals surface area (Å²) in [6.07, 6.45) is 5.17. The van der Waals surface area contributed by atoms with E-state index in [1.165, 1.54) is 22.7 Å². The molecule has 9 heteroatoms. The third-order valence-electron chi connectivity index (χ3n) is 3.20. The van der Waals surface area contributed by atoms with Gasteiger partial charge in [0.15, 0.2) is 5.13 Å². The molecule has 124 valence electrons. The predicted octanol–water partition coefficient (Wildman–Crippen LogP) is 2.59. The van der Waals surface area contributed by atoms with E-state index in [1.54, 1.807) is 12.4 Å². The number of thiazole rings is 1. The summed E-state index contributed by atoms with van der Waals surface area (Å²) in [5.74, 6) is -0.0407. The Kier molecular flexibility index (Phi) is 5.44.